The van der Waals surface area contributed by atoms with Gasteiger partial charge in [-0.15, -0.1) is 12.4 Å². The Hall–Kier alpha value is -3.68. The van der Waals surface area contributed by atoms with E-state index in [9.17, 15) is 14.4 Å². The second-order valence-electron chi connectivity index (χ2n) is 8.74. The van der Waals surface area contributed by atoms with Crippen LogP contribution in [0, 0.1) is 5.41 Å². The van der Waals surface area contributed by atoms with Crippen molar-refractivity contribution in [2.45, 2.75) is 26.8 Å². The topological polar surface area (TPSA) is 105 Å². The molecule has 7 nitrogen and oxygen atoms in total. The van der Waals surface area contributed by atoms with Crippen molar-refractivity contribution in [3.63, 3.8) is 0 Å². The van der Waals surface area contributed by atoms with E-state index in [1.807, 2.05) is 20.8 Å². The largest absolute Gasteiger partial charge is 0.497 e. The summed E-state index contributed by atoms with van der Waals surface area (Å²) in [5.74, 6) is -1.13. The Morgan fingerprint density at radius 1 is 0.743 bits per heavy atom. The van der Waals surface area contributed by atoms with Crippen LogP contribution in [0.25, 0.3) is 0 Å². The van der Waals surface area contributed by atoms with E-state index < -0.39 is 23.4 Å². The van der Waals surface area contributed by atoms with Crippen LogP contribution >= 0.6 is 12.4 Å². The van der Waals surface area contributed by atoms with Crippen molar-refractivity contribution in [1.29, 1.82) is 0 Å². The SMILES string of the molecule is COc1ccc(C(=O)Oc2ccc(C(=O)C(N)C(C)(C)C)cc2OC(=O)c2ccccc2)cc1.Cl. The number of ketones is 1. The number of carbonyl (C=O) groups excluding carboxylic acids is 3. The average molecular weight is 498 g/mol. The fourth-order valence-corrected chi connectivity index (χ4v) is 3.02. The number of hydrogen-bond donors (Lipinski definition) is 1. The predicted octanol–water partition coefficient (Wildman–Crippen LogP) is 5.11. The first kappa shape index (κ1) is 27.6. The number of ether oxygens (including phenoxy) is 3. The Morgan fingerprint density at radius 3 is 1.80 bits per heavy atom. The van der Waals surface area contributed by atoms with Gasteiger partial charge in [0.25, 0.3) is 0 Å². The zero-order valence-corrected chi connectivity index (χ0v) is 20.8. The van der Waals surface area contributed by atoms with Gasteiger partial charge in [-0.1, -0.05) is 39.0 Å². The van der Waals surface area contributed by atoms with Crippen molar-refractivity contribution in [2.24, 2.45) is 11.1 Å². The van der Waals surface area contributed by atoms with Gasteiger partial charge in [-0.05, 0) is 60.0 Å². The molecule has 0 saturated carbocycles. The number of carbonyl (C=O) groups is 3. The van der Waals surface area contributed by atoms with Crippen LogP contribution in [0.1, 0.15) is 51.8 Å². The first-order valence-electron chi connectivity index (χ1n) is 10.7. The molecule has 0 saturated heterocycles. The molecule has 0 amide bonds. The molecule has 1 unspecified atom stereocenters. The molecule has 2 N–H and O–H groups in total. The average Bonchev–Trinajstić information content (AvgIpc) is 2.84. The van der Waals surface area contributed by atoms with Gasteiger partial charge >= 0.3 is 11.9 Å². The Bertz CT molecular complexity index is 1190. The smallest absolute Gasteiger partial charge is 0.343 e. The highest BCUT2D eigenvalue weighted by Gasteiger charge is 2.29. The van der Waals surface area contributed by atoms with E-state index >= 15 is 0 Å². The Balaban J connectivity index is 0.00000432. The van der Waals surface area contributed by atoms with E-state index in [4.69, 9.17) is 19.9 Å². The maximum Gasteiger partial charge on any atom is 0.343 e. The summed E-state index contributed by atoms with van der Waals surface area (Å²) in [7, 11) is 1.52. The maximum atomic E-state index is 12.9. The van der Waals surface area contributed by atoms with Crippen LogP contribution in [0.2, 0.25) is 0 Å². The first-order chi connectivity index (χ1) is 16.1. The van der Waals surface area contributed by atoms with E-state index in [0.29, 0.717) is 11.3 Å². The van der Waals surface area contributed by atoms with Crippen LogP contribution in [0.5, 0.6) is 17.2 Å². The molecule has 3 aromatic rings. The van der Waals surface area contributed by atoms with Crippen molar-refractivity contribution in [2.75, 3.05) is 7.11 Å². The van der Waals surface area contributed by atoms with Gasteiger partial charge in [-0.25, -0.2) is 9.59 Å². The molecule has 8 heteroatoms. The molecule has 0 bridgehead atoms. The van der Waals surface area contributed by atoms with Gasteiger partial charge in [0.15, 0.2) is 17.3 Å². The predicted molar refractivity (Wildman–Crippen MR) is 135 cm³/mol. The molecule has 0 aliphatic heterocycles. The van der Waals surface area contributed by atoms with Crippen molar-refractivity contribution in [1.82, 2.24) is 0 Å². The van der Waals surface area contributed by atoms with Gasteiger partial charge in [0.2, 0.25) is 0 Å². The minimum atomic E-state index is -0.780. The number of hydrogen-bond acceptors (Lipinski definition) is 7. The monoisotopic (exact) mass is 497 g/mol. The summed E-state index contributed by atoms with van der Waals surface area (Å²) >= 11 is 0. The highest BCUT2D eigenvalue weighted by molar-refractivity contribution is 6.01. The van der Waals surface area contributed by atoms with E-state index in [1.54, 1.807) is 54.6 Å². The van der Waals surface area contributed by atoms with Crippen LogP contribution in [0.4, 0.5) is 0 Å². The highest BCUT2D eigenvalue weighted by Crippen LogP contribution is 2.32. The fourth-order valence-electron chi connectivity index (χ4n) is 3.02. The van der Waals surface area contributed by atoms with Crippen molar-refractivity contribution in [3.05, 3.63) is 89.5 Å². The third-order valence-electron chi connectivity index (χ3n) is 5.18. The molecule has 0 spiro atoms. The lowest BCUT2D eigenvalue weighted by Gasteiger charge is -2.25. The molecule has 0 radical (unpaired) electrons. The summed E-state index contributed by atoms with van der Waals surface area (Å²) in [5, 5.41) is 0. The number of halogens is 1. The number of Topliss-reactive ketones (excluding diaryl/α,β-unsaturated/α-hetero) is 1. The summed E-state index contributed by atoms with van der Waals surface area (Å²) in [6.45, 7) is 5.57. The number of methoxy groups -OCH3 is 1. The summed E-state index contributed by atoms with van der Waals surface area (Å²) < 4.78 is 16.1. The molecule has 0 aliphatic carbocycles. The minimum absolute atomic E-state index is 0. The van der Waals surface area contributed by atoms with E-state index in [1.165, 1.54) is 25.3 Å². The van der Waals surface area contributed by atoms with E-state index in [2.05, 4.69) is 0 Å². The quantitative estimate of drug-likeness (QED) is 0.274. The molecule has 0 aliphatic rings. The normalized spacial score (nSPS) is 11.6. The molecule has 35 heavy (non-hydrogen) atoms. The van der Waals surface area contributed by atoms with Crippen LogP contribution in [-0.4, -0.2) is 30.9 Å². The van der Waals surface area contributed by atoms with Gasteiger partial charge in [0.05, 0.1) is 24.3 Å². The van der Waals surface area contributed by atoms with Crippen LogP contribution in [-0.2, 0) is 0 Å². The number of esters is 2. The molecule has 1 atom stereocenters. The summed E-state index contributed by atoms with van der Waals surface area (Å²) in [6, 6.07) is 18.2. The molecule has 184 valence electrons. The highest BCUT2D eigenvalue weighted by atomic mass is 35.5. The van der Waals surface area contributed by atoms with Gasteiger partial charge in [0, 0.05) is 5.56 Å². The van der Waals surface area contributed by atoms with Gasteiger partial charge in [0.1, 0.15) is 5.75 Å². The van der Waals surface area contributed by atoms with Crippen LogP contribution in [0.15, 0.2) is 72.8 Å². The lowest BCUT2D eigenvalue weighted by atomic mass is 9.83. The fraction of sp³-hybridized carbons (Fsp3) is 0.222. The zero-order chi connectivity index (χ0) is 24.9. The van der Waals surface area contributed by atoms with Crippen molar-refractivity contribution < 1.29 is 28.6 Å². The summed E-state index contributed by atoms with van der Waals surface area (Å²) in [6.07, 6.45) is 0. The third-order valence-corrected chi connectivity index (χ3v) is 5.18. The maximum absolute atomic E-state index is 12.9. The summed E-state index contributed by atoms with van der Waals surface area (Å²) in [4.78, 5) is 38.3. The van der Waals surface area contributed by atoms with Gasteiger partial charge < -0.3 is 19.9 Å². The number of rotatable bonds is 7. The van der Waals surface area contributed by atoms with Crippen LogP contribution in [0.3, 0.4) is 0 Å². The minimum Gasteiger partial charge on any atom is -0.497 e. The summed E-state index contributed by atoms with van der Waals surface area (Å²) in [5.41, 5.74) is 6.48. The lowest BCUT2D eigenvalue weighted by molar-refractivity contribution is 0.0682. The molecule has 3 aromatic carbocycles. The second-order valence-corrected chi connectivity index (χ2v) is 8.74. The van der Waals surface area contributed by atoms with Crippen molar-refractivity contribution >= 4 is 30.1 Å². The van der Waals surface area contributed by atoms with Gasteiger partial charge in [-0.2, -0.15) is 0 Å². The zero-order valence-electron chi connectivity index (χ0n) is 19.9. The molecule has 0 fully saturated rings. The standard InChI is InChI=1S/C27H27NO6.ClH/c1-27(2,3)24(28)23(29)19-12-15-21(33-26(31)18-10-13-20(32-4)14-11-18)22(16-19)34-25(30)17-8-6-5-7-9-17;/h5-16,24H,28H2,1-4H3;1H. The molecular formula is C27H28ClNO6. The van der Waals surface area contributed by atoms with E-state index in [0.717, 1.165) is 0 Å². The lowest BCUT2D eigenvalue weighted by Crippen LogP contribution is -2.42. The molecule has 3 rings (SSSR count). The molecular weight excluding hydrogens is 470 g/mol. The Kier molecular flexibility index (Phi) is 9.17. The number of nitrogens with two attached hydrogens (primary N) is 1. The second kappa shape index (κ2) is 11.6. The first-order valence-corrected chi connectivity index (χ1v) is 10.7. The molecule has 0 heterocycles. The van der Waals surface area contributed by atoms with Gasteiger partial charge in [-0.3, -0.25) is 4.79 Å². The Labute approximate surface area is 210 Å². The van der Waals surface area contributed by atoms with E-state index in [-0.39, 0.29) is 40.8 Å². The third kappa shape index (κ3) is 6.91. The van der Waals surface area contributed by atoms with Crippen LogP contribution < -0.4 is 19.9 Å². The number of benzene rings is 3. The van der Waals surface area contributed by atoms with Crippen molar-refractivity contribution in [3.8, 4) is 17.2 Å². The molecule has 0 aromatic heterocycles. The Morgan fingerprint density at radius 2 is 1.26 bits per heavy atom.